The minimum absolute atomic E-state index is 0.0231. The molecule has 0 saturated heterocycles. The summed E-state index contributed by atoms with van der Waals surface area (Å²) >= 11 is 0. The minimum Gasteiger partial charge on any atom is -0.508 e. The topological polar surface area (TPSA) is 102 Å². The lowest BCUT2D eigenvalue weighted by Gasteiger charge is -2.02. The van der Waals surface area contributed by atoms with Gasteiger partial charge in [-0.05, 0) is 35.9 Å². The number of ketones is 1. The van der Waals surface area contributed by atoms with Crippen LogP contribution in [0.3, 0.4) is 0 Å². The summed E-state index contributed by atoms with van der Waals surface area (Å²) < 4.78 is 13.4. The molecule has 0 unspecified atom stereocenters. The quantitative estimate of drug-likeness (QED) is 0.445. The highest BCUT2D eigenvalue weighted by atomic mass is 19.1. The predicted molar refractivity (Wildman–Crippen MR) is 82.8 cm³/mol. The van der Waals surface area contributed by atoms with Crippen molar-refractivity contribution in [1.29, 1.82) is 0 Å². The molecule has 0 spiro atoms. The van der Waals surface area contributed by atoms with Crippen LogP contribution in [0, 0.1) is 5.82 Å². The first-order valence-electron chi connectivity index (χ1n) is 6.53. The van der Waals surface area contributed by atoms with Gasteiger partial charge in [0.1, 0.15) is 23.9 Å². The van der Waals surface area contributed by atoms with Crippen molar-refractivity contribution in [3.8, 4) is 11.5 Å². The molecule has 0 radical (unpaired) electrons. The largest absolute Gasteiger partial charge is 0.508 e. The molecule has 2 aromatic rings. The van der Waals surface area contributed by atoms with E-state index in [1.165, 1.54) is 42.8 Å². The van der Waals surface area contributed by atoms with E-state index in [2.05, 4.69) is 10.2 Å². The van der Waals surface area contributed by atoms with E-state index in [0.29, 0.717) is 5.56 Å². The number of hydrogen-bond acceptors (Lipinski definition) is 6. The lowest BCUT2D eigenvalue weighted by molar-refractivity contribution is 0.0901. The van der Waals surface area contributed by atoms with Crippen molar-refractivity contribution in [2.24, 2.45) is 10.2 Å². The van der Waals surface area contributed by atoms with Crippen LogP contribution in [0.25, 0.3) is 0 Å². The van der Waals surface area contributed by atoms with Crippen LogP contribution < -0.4 is 0 Å². The fourth-order valence-electron chi connectivity index (χ4n) is 1.76. The van der Waals surface area contributed by atoms with Gasteiger partial charge in [0.2, 0.25) is 0 Å². The first-order valence-corrected chi connectivity index (χ1v) is 6.53. The second-order valence-electron chi connectivity index (χ2n) is 4.55. The minimum atomic E-state index is -0.716. The van der Waals surface area contributed by atoms with Gasteiger partial charge in [-0.25, -0.2) is 4.39 Å². The van der Waals surface area contributed by atoms with Crippen LogP contribution in [-0.4, -0.2) is 40.1 Å². The van der Waals surface area contributed by atoms with Crippen LogP contribution in [0.2, 0.25) is 0 Å². The number of phenolic OH excluding ortho intramolecular Hbond substituents is 2. The number of Topliss-reactive ketones (excluding diaryl/α,β-unsaturated/α-hetero) is 1. The van der Waals surface area contributed by atoms with Gasteiger partial charge in [0, 0.05) is 11.6 Å². The number of carbonyl (C=O) groups excluding carboxylic acids is 1. The lowest BCUT2D eigenvalue weighted by Crippen LogP contribution is -2.05. The first kappa shape index (κ1) is 16.3. The van der Waals surface area contributed by atoms with Crippen molar-refractivity contribution < 1.29 is 24.5 Å². The molecule has 0 heterocycles. The molecule has 7 heteroatoms. The van der Waals surface area contributed by atoms with E-state index in [1.807, 2.05) is 0 Å². The number of hydrogen-bond donors (Lipinski definition) is 3. The summed E-state index contributed by atoms with van der Waals surface area (Å²) in [6.07, 6.45) is 2.48. The Bertz CT molecular complexity index is 788. The molecule has 0 aliphatic heterocycles. The van der Waals surface area contributed by atoms with E-state index in [9.17, 15) is 14.3 Å². The van der Waals surface area contributed by atoms with Crippen LogP contribution in [0.15, 0.2) is 46.6 Å². The van der Waals surface area contributed by atoms with Gasteiger partial charge in [-0.3, -0.25) is 4.79 Å². The Morgan fingerprint density at radius 2 is 1.83 bits per heavy atom. The summed E-state index contributed by atoms with van der Waals surface area (Å²) in [7, 11) is 0. The van der Waals surface area contributed by atoms with Gasteiger partial charge in [0.15, 0.2) is 5.78 Å². The standard InChI is InChI=1S/C16H13FN2O4/c17-14-6-12(21)3-2-11(14)8-19-18-7-10-1-4-15(22)13(5-10)16(23)9-20/h1-8,20-22H,9H2/b18-7+,19-8+. The van der Waals surface area contributed by atoms with Crippen LogP contribution in [-0.2, 0) is 0 Å². The summed E-state index contributed by atoms with van der Waals surface area (Å²) in [4.78, 5) is 11.4. The Labute approximate surface area is 130 Å². The average Bonchev–Trinajstić information content (AvgIpc) is 2.54. The average molecular weight is 316 g/mol. The highest BCUT2D eigenvalue weighted by molar-refractivity contribution is 6.00. The summed E-state index contributed by atoms with van der Waals surface area (Å²) in [5.74, 6) is -1.68. The van der Waals surface area contributed by atoms with E-state index in [4.69, 9.17) is 10.2 Å². The molecule has 0 aliphatic rings. The third-order valence-electron chi connectivity index (χ3n) is 2.92. The van der Waals surface area contributed by atoms with E-state index in [1.54, 1.807) is 0 Å². The van der Waals surface area contributed by atoms with Crippen molar-refractivity contribution in [3.63, 3.8) is 0 Å². The molecule has 0 bridgehead atoms. The number of aliphatic hydroxyl groups is 1. The third-order valence-corrected chi connectivity index (χ3v) is 2.92. The Morgan fingerprint density at radius 3 is 2.52 bits per heavy atom. The molecule has 0 aliphatic carbocycles. The highest BCUT2D eigenvalue weighted by Gasteiger charge is 2.10. The van der Waals surface area contributed by atoms with E-state index in [0.717, 1.165) is 6.07 Å². The van der Waals surface area contributed by atoms with Gasteiger partial charge in [0.25, 0.3) is 0 Å². The lowest BCUT2D eigenvalue weighted by atomic mass is 10.1. The molecule has 0 saturated carbocycles. The number of rotatable bonds is 5. The molecular formula is C16H13FN2O4. The zero-order valence-corrected chi connectivity index (χ0v) is 11.8. The van der Waals surface area contributed by atoms with Gasteiger partial charge in [-0.1, -0.05) is 0 Å². The Hall–Kier alpha value is -3.06. The molecule has 118 valence electrons. The Balaban J connectivity index is 2.14. The van der Waals surface area contributed by atoms with Gasteiger partial charge in [-0.15, -0.1) is 0 Å². The number of carbonyl (C=O) groups is 1. The molecule has 3 N–H and O–H groups in total. The maximum absolute atomic E-state index is 13.4. The molecular weight excluding hydrogens is 303 g/mol. The third kappa shape index (κ3) is 4.21. The van der Waals surface area contributed by atoms with Crippen molar-refractivity contribution in [2.45, 2.75) is 0 Å². The second-order valence-corrected chi connectivity index (χ2v) is 4.55. The normalized spacial score (nSPS) is 11.4. The molecule has 0 aromatic heterocycles. The fraction of sp³-hybridized carbons (Fsp3) is 0.0625. The van der Waals surface area contributed by atoms with Gasteiger partial charge >= 0.3 is 0 Å². The Kier molecular flexibility index (Phi) is 5.16. The monoisotopic (exact) mass is 316 g/mol. The van der Waals surface area contributed by atoms with Gasteiger partial charge in [-0.2, -0.15) is 10.2 Å². The SMILES string of the molecule is O=C(CO)c1cc(/C=N/N=C/c2ccc(O)cc2F)ccc1O. The van der Waals surface area contributed by atoms with E-state index >= 15 is 0 Å². The molecule has 0 fully saturated rings. The number of aromatic hydroxyl groups is 2. The summed E-state index contributed by atoms with van der Waals surface area (Å²) in [6.45, 7) is -0.716. The van der Waals surface area contributed by atoms with Crippen LogP contribution in [0.1, 0.15) is 21.5 Å². The molecule has 0 atom stereocenters. The van der Waals surface area contributed by atoms with Gasteiger partial charge in [0.05, 0.1) is 18.0 Å². The zero-order valence-electron chi connectivity index (χ0n) is 11.8. The maximum atomic E-state index is 13.4. The predicted octanol–water partition coefficient (Wildman–Crippen LogP) is 1.86. The number of nitrogens with zero attached hydrogens (tertiary/aromatic N) is 2. The molecule has 6 nitrogen and oxygen atoms in total. The number of benzene rings is 2. The number of phenols is 2. The smallest absolute Gasteiger partial charge is 0.191 e. The summed E-state index contributed by atoms with van der Waals surface area (Å²) in [5, 5.41) is 34.8. The number of aliphatic hydroxyl groups excluding tert-OH is 1. The second kappa shape index (κ2) is 7.28. The first-order chi connectivity index (χ1) is 11.0. The molecule has 2 aromatic carbocycles. The van der Waals surface area contributed by atoms with Gasteiger partial charge < -0.3 is 15.3 Å². The van der Waals surface area contributed by atoms with Crippen molar-refractivity contribution in [2.75, 3.05) is 6.61 Å². The summed E-state index contributed by atoms with van der Waals surface area (Å²) in [5.41, 5.74) is 0.606. The van der Waals surface area contributed by atoms with Crippen molar-refractivity contribution in [1.82, 2.24) is 0 Å². The molecule has 2 rings (SSSR count). The molecule has 0 amide bonds. The van der Waals surface area contributed by atoms with E-state index < -0.39 is 18.2 Å². The zero-order chi connectivity index (χ0) is 16.8. The van der Waals surface area contributed by atoms with Crippen LogP contribution in [0.5, 0.6) is 11.5 Å². The van der Waals surface area contributed by atoms with Crippen molar-refractivity contribution >= 4 is 18.2 Å². The van der Waals surface area contributed by atoms with Crippen molar-refractivity contribution in [3.05, 3.63) is 58.9 Å². The number of halogens is 1. The van der Waals surface area contributed by atoms with Crippen LogP contribution >= 0.6 is 0 Å². The molecule has 23 heavy (non-hydrogen) atoms. The fourth-order valence-corrected chi connectivity index (χ4v) is 1.76. The van der Waals surface area contributed by atoms with Crippen LogP contribution in [0.4, 0.5) is 4.39 Å². The highest BCUT2D eigenvalue weighted by Crippen LogP contribution is 2.18. The Morgan fingerprint density at radius 1 is 1.09 bits per heavy atom. The van der Waals surface area contributed by atoms with E-state index in [-0.39, 0.29) is 22.6 Å². The maximum Gasteiger partial charge on any atom is 0.191 e. The summed E-state index contributed by atoms with van der Waals surface area (Å²) in [6, 6.07) is 7.78.